The van der Waals surface area contributed by atoms with E-state index in [0.29, 0.717) is 0 Å². The normalized spacial score (nSPS) is 14.7. The van der Waals surface area contributed by atoms with Gasteiger partial charge in [0.05, 0.1) is 13.0 Å². The molecule has 2 aromatic carbocycles. The highest BCUT2D eigenvalue weighted by Crippen LogP contribution is 2.32. The number of carbonyl (C=O) groups is 3. The van der Waals surface area contributed by atoms with Crippen molar-refractivity contribution >= 4 is 28.6 Å². The monoisotopic (exact) mass is 340 g/mol. The molecule has 2 amide bonds. The van der Waals surface area contributed by atoms with Gasteiger partial charge in [-0.2, -0.15) is 0 Å². The van der Waals surface area contributed by atoms with Crippen LogP contribution in [0.1, 0.15) is 18.4 Å². The van der Waals surface area contributed by atoms with Crippen molar-refractivity contribution in [2.45, 2.75) is 25.3 Å². The van der Waals surface area contributed by atoms with Crippen LogP contribution in [0.25, 0.3) is 10.8 Å². The van der Waals surface area contributed by atoms with Crippen LogP contribution in [0.4, 0.5) is 0 Å². The van der Waals surface area contributed by atoms with Gasteiger partial charge in [0, 0.05) is 0 Å². The van der Waals surface area contributed by atoms with Gasteiger partial charge in [0.2, 0.25) is 11.8 Å². The molecule has 0 heterocycles. The summed E-state index contributed by atoms with van der Waals surface area (Å²) in [7, 11) is 0. The van der Waals surface area contributed by atoms with Gasteiger partial charge >= 0.3 is 5.97 Å². The van der Waals surface area contributed by atoms with Gasteiger partial charge in [0.1, 0.15) is 6.04 Å². The Kier molecular flexibility index (Phi) is 4.97. The van der Waals surface area contributed by atoms with Crippen molar-refractivity contribution in [3.05, 3.63) is 48.0 Å². The Morgan fingerprint density at radius 3 is 2.48 bits per heavy atom. The van der Waals surface area contributed by atoms with E-state index < -0.39 is 17.9 Å². The van der Waals surface area contributed by atoms with E-state index in [0.717, 1.165) is 29.2 Å². The lowest BCUT2D eigenvalue weighted by Crippen LogP contribution is -2.46. The lowest BCUT2D eigenvalue weighted by Gasteiger charge is -2.14. The Balaban J connectivity index is 1.54. The molecule has 0 saturated heterocycles. The van der Waals surface area contributed by atoms with Crippen molar-refractivity contribution in [3.63, 3.8) is 0 Å². The van der Waals surface area contributed by atoms with Gasteiger partial charge in [-0.05, 0) is 35.1 Å². The molecule has 0 bridgehead atoms. The first-order chi connectivity index (χ1) is 12.0. The van der Waals surface area contributed by atoms with E-state index in [2.05, 4.69) is 10.6 Å². The maximum Gasteiger partial charge on any atom is 0.326 e. The van der Waals surface area contributed by atoms with Gasteiger partial charge in [-0.3, -0.25) is 9.59 Å². The van der Waals surface area contributed by atoms with Crippen LogP contribution in [0.15, 0.2) is 42.5 Å². The Labute approximate surface area is 145 Å². The van der Waals surface area contributed by atoms with Crippen LogP contribution in [-0.4, -0.2) is 35.5 Å². The summed E-state index contributed by atoms with van der Waals surface area (Å²) in [4.78, 5) is 35.1. The molecule has 130 valence electrons. The Morgan fingerprint density at radius 1 is 1.04 bits per heavy atom. The maximum atomic E-state index is 12.1. The first-order valence-corrected chi connectivity index (χ1v) is 8.30. The van der Waals surface area contributed by atoms with E-state index in [4.69, 9.17) is 5.11 Å². The summed E-state index contributed by atoms with van der Waals surface area (Å²) in [6.45, 7) is -0.222. The standard InChI is InChI=1S/C19H20N2O4/c22-16(10-14-6-3-5-12-4-1-2-7-15(12)14)20-11-17(23)21-18(19(24)25)13-8-9-13/h1-7,13,18H,8-11H2,(H,20,22)(H,21,23)(H,24,25). The molecule has 1 fully saturated rings. The Hall–Kier alpha value is -2.89. The SMILES string of the molecule is O=C(Cc1cccc2ccccc12)NCC(=O)NC(C(=O)O)C1CC1. The molecule has 25 heavy (non-hydrogen) atoms. The molecule has 3 rings (SSSR count). The quantitative estimate of drug-likeness (QED) is 0.711. The van der Waals surface area contributed by atoms with E-state index in [-0.39, 0.29) is 24.8 Å². The number of hydrogen-bond donors (Lipinski definition) is 3. The van der Waals surface area contributed by atoms with Crippen molar-refractivity contribution in [2.75, 3.05) is 6.54 Å². The third-order valence-electron chi connectivity index (χ3n) is 4.35. The maximum absolute atomic E-state index is 12.1. The number of benzene rings is 2. The van der Waals surface area contributed by atoms with Crippen molar-refractivity contribution < 1.29 is 19.5 Å². The highest BCUT2D eigenvalue weighted by molar-refractivity contribution is 5.92. The lowest BCUT2D eigenvalue weighted by atomic mass is 10.0. The Morgan fingerprint density at radius 2 is 1.76 bits per heavy atom. The summed E-state index contributed by atoms with van der Waals surface area (Å²) in [6.07, 6.45) is 1.79. The second-order valence-corrected chi connectivity index (χ2v) is 6.31. The summed E-state index contributed by atoms with van der Waals surface area (Å²) in [5, 5.41) is 16.2. The number of amides is 2. The molecule has 1 aliphatic carbocycles. The van der Waals surface area contributed by atoms with Crippen LogP contribution in [0, 0.1) is 5.92 Å². The largest absolute Gasteiger partial charge is 0.480 e. The first kappa shape index (κ1) is 17.0. The molecule has 0 aromatic heterocycles. The molecule has 6 heteroatoms. The molecule has 2 aromatic rings. The predicted octanol–water partition coefficient (Wildman–Crippen LogP) is 1.48. The van der Waals surface area contributed by atoms with Gasteiger partial charge in [0.25, 0.3) is 0 Å². The molecule has 3 N–H and O–H groups in total. The summed E-state index contributed by atoms with van der Waals surface area (Å²) in [5.41, 5.74) is 0.886. The van der Waals surface area contributed by atoms with E-state index in [1.54, 1.807) is 0 Å². The van der Waals surface area contributed by atoms with Gasteiger partial charge in [-0.15, -0.1) is 0 Å². The van der Waals surface area contributed by atoms with Crippen LogP contribution in [0.3, 0.4) is 0 Å². The molecule has 1 saturated carbocycles. The van der Waals surface area contributed by atoms with Crippen LogP contribution in [0.5, 0.6) is 0 Å². The molecular formula is C19H20N2O4. The summed E-state index contributed by atoms with van der Waals surface area (Å²) in [5.74, 6) is -1.78. The predicted molar refractivity (Wildman–Crippen MR) is 93.0 cm³/mol. The number of carboxylic acid groups (broad SMARTS) is 1. The Bertz CT molecular complexity index is 809. The molecule has 1 unspecified atom stereocenters. The zero-order valence-corrected chi connectivity index (χ0v) is 13.7. The zero-order chi connectivity index (χ0) is 17.8. The molecule has 0 aliphatic heterocycles. The number of carbonyl (C=O) groups excluding carboxylic acids is 2. The molecule has 1 aliphatic rings. The van der Waals surface area contributed by atoms with Crippen LogP contribution in [0.2, 0.25) is 0 Å². The molecule has 0 radical (unpaired) electrons. The third-order valence-corrected chi connectivity index (χ3v) is 4.35. The van der Waals surface area contributed by atoms with Crippen molar-refractivity contribution in [2.24, 2.45) is 5.92 Å². The number of carboxylic acids is 1. The number of aliphatic carboxylic acids is 1. The first-order valence-electron chi connectivity index (χ1n) is 8.30. The number of hydrogen-bond acceptors (Lipinski definition) is 3. The molecule has 6 nitrogen and oxygen atoms in total. The molecular weight excluding hydrogens is 320 g/mol. The fourth-order valence-electron chi connectivity index (χ4n) is 2.90. The summed E-state index contributed by atoms with van der Waals surface area (Å²) in [6, 6.07) is 12.7. The number of rotatable bonds is 7. The minimum Gasteiger partial charge on any atom is -0.480 e. The van der Waals surface area contributed by atoms with Gasteiger partial charge in [-0.1, -0.05) is 42.5 Å². The highest BCUT2D eigenvalue weighted by atomic mass is 16.4. The zero-order valence-electron chi connectivity index (χ0n) is 13.7. The van der Waals surface area contributed by atoms with Crippen LogP contribution >= 0.6 is 0 Å². The van der Waals surface area contributed by atoms with Crippen molar-refractivity contribution in [1.29, 1.82) is 0 Å². The minimum absolute atomic E-state index is 0.00725. The fourth-order valence-corrected chi connectivity index (χ4v) is 2.90. The average Bonchev–Trinajstić information content (AvgIpc) is 3.43. The lowest BCUT2D eigenvalue weighted by molar-refractivity contribution is -0.142. The van der Waals surface area contributed by atoms with Crippen LogP contribution in [-0.2, 0) is 20.8 Å². The summed E-state index contributed by atoms with van der Waals surface area (Å²) < 4.78 is 0. The smallest absolute Gasteiger partial charge is 0.326 e. The van der Waals surface area contributed by atoms with E-state index >= 15 is 0 Å². The topological polar surface area (TPSA) is 95.5 Å². The van der Waals surface area contributed by atoms with E-state index in [1.807, 2.05) is 42.5 Å². The van der Waals surface area contributed by atoms with E-state index in [9.17, 15) is 14.4 Å². The minimum atomic E-state index is -1.03. The van der Waals surface area contributed by atoms with Gasteiger partial charge < -0.3 is 15.7 Å². The summed E-state index contributed by atoms with van der Waals surface area (Å²) >= 11 is 0. The van der Waals surface area contributed by atoms with Gasteiger partial charge in [0.15, 0.2) is 0 Å². The molecule has 0 spiro atoms. The second kappa shape index (κ2) is 7.34. The van der Waals surface area contributed by atoms with Crippen LogP contribution < -0.4 is 10.6 Å². The van der Waals surface area contributed by atoms with E-state index in [1.165, 1.54) is 0 Å². The van der Waals surface area contributed by atoms with Crippen molar-refractivity contribution in [3.8, 4) is 0 Å². The number of nitrogens with one attached hydrogen (secondary N) is 2. The second-order valence-electron chi connectivity index (χ2n) is 6.31. The van der Waals surface area contributed by atoms with Gasteiger partial charge in [-0.25, -0.2) is 4.79 Å². The van der Waals surface area contributed by atoms with Crippen molar-refractivity contribution in [1.82, 2.24) is 10.6 Å². The third kappa shape index (κ3) is 4.35. The highest BCUT2D eigenvalue weighted by Gasteiger charge is 2.37. The number of fused-ring (bicyclic) bond motifs is 1. The fraction of sp³-hybridized carbons (Fsp3) is 0.316. The average molecular weight is 340 g/mol. The molecule has 1 atom stereocenters.